The Labute approximate surface area is 174 Å². The number of thiophene rings is 1. The lowest BCUT2D eigenvalue weighted by atomic mass is 10.3. The van der Waals surface area contributed by atoms with Crippen LogP contribution < -0.4 is 9.54 Å². The molecule has 1 amide bonds. The Hall–Kier alpha value is -2.82. The van der Waals surface area contributed by atoms with Gasteiger partial charge in [0.2, 0.25) is 0 Å². The minimum atomic E-state index is -0.458. The molecule has 0 aliphatic heterocycles. The molecule has 0 radical (unpaired) electrons. The number of fused-ring (bicyclic) bond motifs is 1. The minimum absolute atomic E-state index is 0.0272. The Balaban J connectivity index is 1.94. The van der Waals surface area contributed by atoms with E-state index < -0.39 is 10.8 Å². The molecule has 10 heteroatoms. The van der Waals surface area contributed by atoms with Gasteiger partial charge >= 0.3 is 5.00 Å². The number of benzene rings is 1. The van der Waals surface area contributed by atoms with Crippen molar-refractivity contribution in [2.24, 2.45) is 4.99 Å². The summed E-state index contributed by atoms with van der Waals surface area (Å²) in [5.41, 5.74) is 0.865. The van der Waals surface area contributed by atoms with Crippen LogP contribution in [0.2, 0.25) is 0 Å². The minimum Gasteiger partial charge on any atom is -0.495 e. The summed E-state index contributed by atoms with van der Waals surface area (Å²) in [6.07, 6.45) is 2.84. The van der Waals surface area contributed by atoms with Gasteiger partial charge in [-0.1, -0.05) is 28.7 Å². The van der Waals surface area contributed by atoms with Gasteiger partial charge in [-0.05, 0) is 31.2 Å². The first kappa shape index (κ1) is 20.9. The summed E-state index contributed by atoms with van der Waals surface area (Å²) in [4.78, 5) is 28.1. The van der Waals surface area contributed by atoms with Crippen LogP contribution in [0.25, 0.3) is 16.3 Å². The highest BCUT2D eigenvalue weighted by molar-refractivity contribution is 7.16. The van der Waals surface area contributed by atoms with Crippen molar-refractivity contribution in [1.82, 2.24) is 4.57 Å². The van der Waals surface area contributed by atoms with E-state index in [9.17, 15) is 14.9 Å². The summed E-state index contributed by atoms with van der Waals surface area (Å²) < 4.78 is 13.8. The highest BCUT2D eigenvalue weighted by Gasteiger charge is 2.12. The Morgan fingerprint density at radius 3 is 2.83 bits per heavy atom. The summed E-state index contributed by atoms with van der Waals surface area (Å²) in [7, 11) is 1.60. The molecule has 0 fully saturated rings. The molecule has 152 valence electrons. The lowest BCUT2D eigenvalue weighted by molar-refractivity contribution is -0.380. The molecule has 0 N–H and O–H groups in total. The SMILES string of the molecule is CCOCCn1c(=NC(=O)/C=C/c2ccc([N+](=O)[O-])s2)sc2cccc(OC)c21. The first-order chi connectivity index (χ1) is 14.0. The van der Waals surface area contributed by atoms with E-state index >= 15 is 0 Å². The molecule has 0 saturated heterocycles. The third kappa shape index (κ3) is 4.97. The molecule has 29 heavy (non-hydrogen) atoms. The lowest BCUT2D eigenvalue weighted by Crippen LogP contribution is -2.19. The van der Waals surface area contributed by atoms with Gasteiger partial charge in [0, 0.05) is 30.2 Å². The van der Waals surface area contributed by atoms with Crippen LogP contribution in [0.3, 0.4) is 0 Å². The van der Waals surface area contributed by atoms with Crippen LogP contribution in [0, 0.1) is 10.1 Å². The number of hydrogen-bond donors (Lipinski definition) is 0. The maximum atomic E-state index is 12.4. The molecule has 1 aromatic carbocycles. The molecule has 0 aliphatic carbocycles. The number of methoxy groups -OCH3 is 1. The lowest BCUT2D eigenvalue weighted by Gasteiger charge is -2.08. The zero-order valence-corrected chi connectivity index (χ0v) is 17.5. The molecular weight excluding hydrogens is 414 g/mol. The summed E-state index contributed by atoms with van der Waals surface area (Å²) in [6.45, 7) is 3.53. The van der Waals surface area contributed by atoms with Crippen LogP contribution in [0.5, 0.6) is 5.75 Å². The average molecular weight is 434 g/mol. The third-order valence-corrected chi connectivity index (χ3v) is 5.98. The molecule has 8 nitrogen and oxygen atoms in total. The number of amides is 1. The smallest absolute Gasteiger partial charge is 0.324 e. The molecule has 2 heterocycles. The molecule has 0 bridgehead atoms. The molecule has 0 atom stereocenters. The van der Waals surface area contributed by atoms with E-state index in [1.54, 1.807) is 13.2 Å². The van der Waals surface area contributed by atoms with Gasteiger partial charge in [0.1, 0.15) is 11.3 Å². The maximum Gasteiger partial charge on any atom is 0.324 e. The van der Waals surface area contributed by atoms with Crippen molar-refractivity contribution >= 4 is 49.9 Å². The predicted octanol–water partition coefficient (Wildman–Crippen LogP) is 3.86. The summed E-state index contributed by atoms with van der Waals surface area (Å²) in [5, 5.41) is 10.8. The summed E-state index contributed by atoms with van der Waals surface area (Å²) >= 11 is 2.39. The Morgan fingerprint density at radius 1 is 1.31 bits per heavy atom. The van der Waals surface area contributed by atoms with Gasteiger partial charge in [-0.25, -0.2) is 0 Å². The fourth-order valence-corrected chi connectivity index (χ4v) is 4.47. The maximum absolute atomic E-state index is 12.4. The number of para-hydroxylation sites is 1. The van der Waals surface area contributed by atoms with E-state index in [1.807, 2.05) is 29.7 Å². The van der Waals surface area contributed by atoms with Crippen molar-refractivity contribution in [2.75, 3.05) is 20.3 Å². The topological polar surface area (TPSA) is 96.0 Å². The number of carbonyl (C=O) groups is 1. The fourth-order valence-electron chi connectivity index (χ4n) is 2.67. The molecule has 0 spiro atoms. The van der Waals surface area contributed by atoms with Gasteiger partial charge in [-0.15, -0.1) is 0 Å². The van der Waals surface area contributed by atoms with E-state index in [-0.39, 0.29) is 5.00 Å². The molecule has 0 unspecified atom stereocenters. The number of nitrogens with zero attached hydrogens (tertiary/aromatic N) is 3. The van der Waals surface area contributed by atoms with Crippen LogP contribution >= 0.6 is 22.7 Å². The normalized spacial score (nSPS) is 12.1. The third-order valence-electron chi connectivity index (χ3n) is 3.94. The largest absolute Gasteiger partial charge is 0.495 e. The first-order valence-corrected chi connectivity index (χ1v) is 10.4. The van der Waals surface area contributed by atoms with Crippen molar-refractivity contribution in [1.29, 1.82) is 0 Å². The zero-order valence-electron chi connectivity index (χ0n) is 15.9. The highest BCUT2D eigenvalue weighted by Crippen LogP contribution is 2.27. The van der Waals surface area contributed by atoms with Gasteiger partial charge in [-0.2, -0.15) is 4.99 Å². The number of ether oxygens (including phenoxy) is 2. The number of carbonyl (C=O) groups excluding carboxylic acids is 1. The Morgan fingerprint density at radius 2 is 2.14 bits per heavy atom. The van der Waals surface area contributed by atoms with E-state index in [1.165, 1.54) is 29.6 Å². The van der Waals surface area contributed by atoms with Gasteiger partial charge in [-0.3, -0.25) is 14.9 Å². The molecule has 3 aromatic rings. The quantitative estimate of drug-likeness (QED) is 0.233. The van der Waals surface area contributed by atoms with Crippen LogP contribution in [-0.4, -0.2) is 35.7 Å². The Kier molecular flexibility index (Phi) is 6.91. The highest BCUT2D eigenvalue weighted by atomic mass is 32.1. The van der Waals surface area contributed by atoms with Crippen LogP contribution in [0.4, 0.5) is 5.00 Å². The number of hydrogen-bond acceptors (Lipinski definition) is 7. The first-order valence-electron chi connectivity index (χ1n) is 8.78. The predicted molar refractivity (Wildman–Crippen MR) is 113 cm³/mol. The molecule has 3 rings (SSSR count). The molecule has 2 aromatic heterocycles. The van der Waals surface area contributed by atoms with Gasteiger partial charge in [0.05, 0.1) is 23.3 Å². The van der Waals surface area contributed by atoms with Crippen molar-refractivity contribution in [2.45, 2.75) is 13.5 Å². The van der Waals surface area contributed by atoms with Crippen LogP contribution in [0.1, 0.15) is 11.8 Å². The van der Waals surface area contributed by atoms with Crippen molar-refractivity contribution in [3.8, 4) is 5.75 Å². The van der Waals surface area contributed by atoms with Crippen LogP contribution in [0.15, 0.2) is 41.4 Å². The number of rotatable bonds is 8. The van der Waals surface area contributed by atoms with Gasteiger partial charge in [0.15, 0.2) is 4.80 Å². The monoisotopic (exact) mass is 433 g/mol. The van der Waals surface area contributed by atoms with E-state index in [4.69, 9.17) is 9.47 Å². The summed E-state index contributed by atoms with van der Waals surface area (Å²) in [5.74, 6) is 0.252. The number of thiazole rings is 1. The van der Waals surface area contributed by atoms with E-state index in [2.05, 4.69) is 4.99 Å². The standard InChI is InChI=1S/C19H19N3O5S2/c1-3-27-12-11-21-18-14(26-2)5-4-6-15(18)29-19(21)20-16(23)9-7-13-8-10-17(28-13)22(24)25/h4-10H,3,11-12H2,1-2H3/b9-7+,20-19?. The second kappa shape index (κ2) is 9.59. The zero-order chi connectivity index (χ0) is 20.8. The number of nitro groups is 1. The second-order valence-corrected chi connectivity index (χ2v) is 7.86. The summed E-state index contributed by atoms with van der Waals surface area (Å²) in [6, 6.07) is 8.70. The molecule has 0 aliphatic rings. The second-order valence-electron chi connectivity index (χ2n) is 5.76. The Bertz CT molecular complexity index is 1130. The van der Waals surface area contributed by atoms with Crippen molar-refractivity contribution in [3.63, 3.8) is 0 Å². The van der Waals surface area contributed by atoms with E-state index in [0.717, 1.165) is 21.6 Å². The molecular formula is C19H19N3O5S2. The van der Waals surface area contributed by atoms with E-state index in [0.29, 0.717) is 35.2 Å². The average Bonchev–Trinajstić information content (AvgIpc) is 3.31. The fraction of sp³-hybridized carbons (Fsp3) is 0.263. The van der Waals surface area contributed by atoms with Crippen LogP contribution in [-0.2, 0) is 16.1 Å². The number of aromatic nitrogens is 1. The van der Waals surface area contributed by atoms with Gasteiger partial charge in [0.25, 0.3) is 5.91 Å². The van der Waals surface area contributed by atoms with Gasteiger partial charge < -0.3 is 14.0 Å². The van der Waals surface area contributed by atoms with Crippen molar-refractivity contribution in [3.05, 3.63) is 56.2 Å². The van der Waals surface area contributed by atoms with Crippen molar-refractivity contribution < 1.29 is 19.2 Å². The molecule has 0 saturated carbocycles.